The van der Waals surface area contributed by atoms with Crippen molar-refractivity contribution >= 4 is 0 Å². The molecule has 84 valence electrons. The topological polar surface area (TPSA) is 45.1 Å². The van der Waals surface area contributed by atoms with Gasteiger partial charge in [0, 0.05) is 37.5 Å². The van der Waals surface area contributed by atoms with E-state index >= 15 is 0 Å². The zero-order chi connectivity index (χ0) is 10.9. The molecule has 0 amide bonds. The van der Waals surface area contributed by atoms with Gasteiger partial charge in [-0.15, -0.1) is 0 Å². The lowest BCUT2D eigenvalue weighted by Gasteiger charge is -2.15. The van der Waals surface area contributed by atoms with Crippen LogP contribution in [0, 0.1) is 0 Å². The second kappa shape index (κ2) is 7.37. The number of hydrogen-bond acceptors (Lipinski definition) is 3. The number of nitrogens with one attached hydrogen (secondary N) is 1. The van der Waals surface area contributed by atoms with Crippen LogP contribution in [-0.2, 0) is 6.42 Å². The average Bonchev–Trinajstić information content (AvgIpc) is 2.29. The van der Waals surface area contributed by atoms with Crippen molar-refractivity contribution in [3.05, 3.63) is 30.1 Å². The zero-order valence-electron chi connectivity index (χ0n) is 9.32. The molecule has 0 aromatic carbocycles. The molecule has 1 heterocycles. The molecule has 0 bridgehead atoms. The Morgan fingerprint density at radius 3 is 2.93 bits per heavy atom. The molecule has 0 aliphatic rings. The third-order valence-electron chi connectivity index (χ3n) is 2.51. The average molecular weight is 208 g/mol. The highest BCUT2D eigenvalue weighted by atomic mass is 16.3. The van der Waals surface area contributed by atoms with Crippen LogP contribution < -0.4 is 5.32 Å². The molecule has 0 radical (unpaired) electrons. The van der Waals surface area contributed by atoms with Crippen molar-refractivity contribution in [3.8, 4) is 0 Å². The quantitative estimate of drug-likeness (QED) is 0.711. The van der Waals surface area contributed by atoms with Crippen LogP contribution in [0.1, 0.15) is 25.5 Å². The predicted molar refractivity (Wildman–Crippen MR) is 61.7 cm³/mol. The fourth-order valence-corrected chi connectivity index (χ4v) is 1.56. The SMILES string of the molecule is CCC(CCO)NCCc1ccccn1. The Morgan fingerprint density at radius 2 is 2.33 bits per heavy atom. The lowest BCUT2D eigenvalue weighted by molar-refractivity contribution is 0.263. The molecule has 1 rings (SSSR count). The highest BCUT2D eigenvalue weighted by molar-refractivity contribution is 5.03. The van der Waals surface area contributed by atoms with E-state index in [1.54, 1.807) is 0 Å². The van der Waals surface area contributed by atoms with Crippen molar-refractivity contribution in [1.29, 1.82) is 0 Å². The monoisotopic (exact) mass is 208 g/mol. The molecule has 0 aliphatic heterocycles. The van der Waals surface area contributed by atoms with Crippen LogP contribution in [0.2, 0.25) is 0 Å². The number of aliphatic hydroxyl groups excluding tert-OH is 1. The van der Waals surface area contributed by atoms with E-state index in [0.717, 1.165) is 31.5 Å². The van der Waals surface area contributed by atoms with Gasteiger partial charge >= 0.3 is 0 Å². The van der Waals surface area contributed by atoms with Crippen LogP contribution >= 0.6 is 0 Å². The second-order valence-electron chi connectivity index (χ2n) is 3.64. The maximum atomic E-state index is 8.83. The van der Waals surface area contributed by atoms with E-state index in [0.29, 0.717) is 6.04 Å². The Balaban J connectivity index is 2.20. The fourth-order valence-electron chi connectivity index (χ4n) is 1.56. The number of rotatable bonds is 7. The van der Waals surface area contributed by atoms with Crippen molar-refractivity contribution in [2.24, 2.45) is 0 Å². The Morgan fingerprint density at radius 1 is 1.47 bits per heavy atom. The molecule has 3 nitrogen and oxygen atoms in total. The minimum atomic E-state index is 0.259. The molecule has 0 fully saturated rings. The summed E-state index contributed by atoms with van der Waals surface area (Å²) in [6.07, 6.45) is 4.66. The van der Waals surface area contributed by atoms with Gasteiger partial charge in [-0.1, -0.05) is 13.0 Å². The molecule has 1 unspecified atom stereocenters. The first-order chi connectivity index (χ1) is 7.36. The lowest BCUT2D eigenvalue weighted by atomic mass is 10.1. The van der Waals surface area contributed by atoms with Gasteiger partial charge in [-0.2, -0.15) is 0 Å². The van der Waals surface area contributed by atoms with Crippen LogP contribution in [0.4, 0.5) is 0 Å². The van der Waals surface area contributed by atoms with E-state index < -0.39 is 0 Å². The zero-order valence-corrected chi connectivity index (χ0v) is 9.32. The first-order valence-electron chi connectivity index (χ1n) is 5.61. The predicted octanol–water partition coefficient (Wildman–Crippen LogP) is 1.37. The minimum Gasteiger partial charge on any atom is -0.396 e. The third-order valence-corrected chi connectivity index (χ3v) is 2.51. The maximum absolute atomic E-state index is 8.83. The van der Waals surface area contributed by atoms with Crippen molar-refractivity contribution in [2.45, 2.75) is 32.2 Å². The summed E-state index contributed by atoms with van der Waals surface area (Å²) in [5, 5.41) is 12.3. The maximum Gasteiger partial charge on any atom is 0.0445 e. The highest BCUT2D eigenvalue weighted by Crippen LogP contribution is 1.98. The molecule has 1 aromatic rings. The van der Waals surface area contributed by atoms with Gasteiger partial charge in [0.1, 0.15) is 0 Å². The van der Waals surface area contributed by atoms with Gasteiger partial charge in [-0.3, -0.25) is 4.98 Å². The highest BCUT2D eigenvalue weighted by Gasteiger charge is 2.03. The standard InChI is InChI=1S/C12H20N2O/c1-2-11(7-10-15)14-9-6-12-5-3-4-8-13-12/h3-5,8,11,14-15H,2,6-7,9-10H2,1H3. The van der Waals surface area contributed by atoms with E-state index in [-0.39, 0.29) is 6.61 Å². The largest absolute Gasteiger partial charge is 0.396 e. The molecule has 1 atom stereocenters. The first-order valence-corrected chi connectivity index (χ1v) is 5.61. The number of nitrogens with zero attached hydrogens (tertiary/aromatic N) is 1. The number of pyridine rings is 1. The van der Waals surface area contributed by atoms with Crippen LogP contribution in [0.3, 0.4) is 0 Å². The van der Waals surface area contributed by atoms with Crippen LogP contribution in [0.25, 0.3) is 0 Å². The van der Waals surface area contributed by atoms with Crippen molar-refractivity contribution in [1.82, 2.24) is 10.3 Å². The van der Waals surface area contributed by atoms with Crippen LogP contribution in [0.15, 0.2) is 24.4 Å². The number of aliphatic hydroxyl groups is 1. The Kier molecular flexibility index (Phi) is 5.97. The van der Waals surface area contributed by atoms with Crippen molar-refractivity contribution in [2.75, 3.05) is 13.2 Å². The normalized spacial score (nSPS) is 12.7. The second-order valence-corrected chi connectivity index (χ2v) is 3.64. The minimum absolute atomic E-state index is 0.259. The number of aromatic nitrogens is 1. The summed E-state index contributed by atoms with van der Waals surface area (Å²) in [6.45, 7) is 3.32. The van der Waals surface area contributed by atoms with Crippen LogP contribution in [0.5, 0.6) is 0 Å². The van der Waals surface area contributed by atoms with Gasteiger partial charge in [0.15, 0.2) is 0 Å². The lowest BCUT2D eigenvalue weighted by Crippen LogP contribution is -2.31. The van der Waals surface area contributed by atoms with Gasteiger partial charge < -0.3 is 10.4 Å². The van der Waals surface area contributed by atoms with E-state index in [9.17, 15) is 0 Å². The van der Waals surface area contributed by atoms with Crippen molar-refractivity contribution < 1.29 is 5.11 Å². The summed E-state index contributed by atoms with van der Waals surface area (Å²) in [6, 6.07) is 6.40. The van der Waals surface area contributed by atoms with E-state index in [1.165, 1.54) is 0 Å². The van der Waals surface area contributed by atoms with Gasteiger partial charge in [-0.25, -0.2) is 0 Å². The molecule has 3 heteroatoms. The smallest absolute Gasteiger partial charge is 0.0445 e. The fraction of sp³-hybridized carbons (Fsp3) is 0.583. The molecule has 0 saturated carbocycles. The van der Waals surface area contributed by atoms with Gasteiger partial charge in [0.2, 0.25) is 0 Å². The van der Waals surface area contributed by atoms with E-state index in [1.807, 2.05) is 24.4 Å². The molecule has 15 heavy (non-hydrogen) atoms. The summed E-state index contributed by atoms with van der Waals surface area (Å²) in [5.41, 5.74) is 1.11. The molecule has 1 aromatic heterocycles. The molecule has 2 N–H and O–H groups in total. The molecule has 0 spiro atoms. The van der Waals surface area contributed by atoms with Crippen LogP contribution in [-0.4, -0.2) is 29.3 Å². The first kappa shape index (κ1) is 12.1. The molecule has 0 aliphatic carbocycles. The summed E-state index contributed by atoms with van der Waals surface area (Å²) >= 11 is 0. The number of hydrogen-bond donors (Lipinski definition) is 2. The Hall–Kier alpha value is -0.930. The summed E-state index contributed by atoms with van der Waals surface area (Å²) in [5.74, 6) is 0. The Bertz CT molecular complexity index is 251. The summed E-state index contributed by atoms with van der Waals surface area (Å²) < 4.78 is 0. The van der Waals surface area contributed by atoms with E-state index in [2.05, 4.69) is 17.2 Å². The Labute approximate surface area is 91.5 Å². The molecule has 0 saturated heterocycles. The summed E-state index contributed by atoms with van der Waals surface area (Å²) in [7, 11) is 0. The molecular weight excluding hydrogens is 188 g/mol. The molecular formula is C12H20N2O. The summed E-state index contributed by atoms with van der Waals surface area (Å²) in [4.78, 5) is 4.26. The van der Waals surface area contributed by atoms with Gasteiger partial charge in [-0.05, 0) is 25.0 Å². The van der Waals surface area contributed by atoms with Gasteiger partial charge in [0.05, 0.1) is 0 Å². The van der Waals surface area contributed by atoms with Crippen molar-refractivity contribution in [3.63, 3.8) is 0 Å². The van der Waals surface area contributed by atoms with Gasteiger partial charge in [0.25, 0.3) is 0 Å². The van der Waals surface area contributed by atoms with E-state index in [4.69, 9.17) is 5.11 Å². The third kappa shape index (κ3) is 4.91.